The summed E-state index contributed by atoms with van der Waals surface area (Å²) >= 11 is 14.4. The third-order valence-corrected chi connectivity index (χ3v) is 5.93. The Morgan fingerprint density at radius 3 is 2.60 bits per heavy atom. The van der Waals surface area contributed by atoms with Crippen LogP contribution < -0.4 is 0 Å². The van der Waals surface area contributed by atoms with Gasteiger partial charge in [0.05, 0.1) is 6.33 Å². The summed E-state index contributed by atoms with van der Waals surface area (Å²) < 4.78 is 2.11. The molecule has 0 spiro atoms. The van der Waals surface area contributed by atoms with E-state index in [2.05, 4.69) is 40.7 Å². The number of aromatic nitrogens is 2. The molecule has 0 aliphatic heterocycles. The maximum atomic E-state index is 6.48. The minimum Gasteiger partial charge on any atom is -0.337 e. The topological polar surface area (TPSA) is 17.8 Å². The van der Waals surface area contributed by atoms with Gasteiger partial charge in [0, 0.05) is 39.1 Å². The molecule has 5 heteroatoms. The Labute approximate surface area is 163 Å². The summed E-state index contributed by atoms with van der Waals surface area (Å²) in [6.45, 7) is 3.06. The van der Waals surface area contributed by atoms with Crippen LogP contribution in [-0.4, -0.2) is 9.55 Å². The van der Waals surface area contributed by atoms with E-state index in [1.165, 1.54) is 10.5 Å². The molecule has 0 bridgehead atoms. The molecule has 1 atom stereocenters. The Morgan fingerprint density at radius 2 is 1.92 bits per heavy atom. The molecule has 3 aromatic rings. The number of aryl methyl sites for hydroxylation is 2. The molecular formula is C20H20Cl2N2S. The van der Waals surface area contributed by atoms with E-state index in [4.69, 9.17) is 23.2 Å². The van der Waals surface area contributed by atoms with Crippen molar-refractivity contribution in [3.63, 3.8) is 0 Å². The Morgan fingerprint density at radius 1 is 1.12 bits per heavy atom. The Balaban J connectivity index is 1.75. The van der Waals surface area contributed by atoms with E-state index in [-0.39, 0.29) is 5.25 Å². The molecule has 3 rings (SSSR count). The van der Waals surface area contributed by atoms with Gasteiger partial charge in [0.2, 0.25) is 0 Å². The van der Waals surface area contributed by atoms with Crippen molar-refractivity contribution in [2.75, 3.05) is 0 Å². The lowest BCUT2D eigenvalue weighted by atomic mass is 10.1. The van der Waals surface area contributed by atoms with Gasteiger partial charge in [-0.2, -0.15) is 0 Å². The maximum absolute atomic E-state index is 6.48. The first-order chi connectivity index (χ1) is 12.1. The van der Waals surface area contributed by atoms with Gasteiger partial charge in [0.15, 0.2) is 0 Å². The summed E-state index contributed by atoms with van der Waals surface area (Å²) in [6, 6.07) is 14.4. The van der Waals surface area contributed by atoms with Gasteiger partial charge in [-0.25, -0.2) is 4.98 Å². The summed E-state index contributed by atoms with van der Waals surface area (Å²) in [5, 5.41) is 1.70. The first kappa shape index (κ1) is 18.4. The van der Waals surface area contributed by atoms with Gasteiger partial charge in [-0.15, -0.1) is 11.8 Å². The zero-order valence-corrected chi connectivity index (χ0v) is 16.4. The average molecular weight is 391 g/mol. The molecule has 130 valence electrons. The second-order valence-electron chi connectivity index (χ2n) is 6.03. The number of benzene rings is 2. The fourth-order valence-electron chi connectivity index (χ4n) is 2.70. The van der Waals surface area contributed by atoms with Gasteiger partial charge in [0.25, 0.3) is 0 Å². The van der Waals surface area contributed by atoms with Crippen molar-refractivity contribution in [1.29, 1.82) is 0 Å². The molecule has 25 heavy (non-hydrogen) atoms. The molecule has 2 nitrogen and oxygen atoms in total. The predicted molar refractivity (Wildman–Crippen MR) is 108 cm³/mol. The van der Waals surface area contributed by atoms with Crippen molar-refractivity contribution in [3.8, 4) is 0 Å². The van der Waals surface area contributed by atoms with Gasteiger partial charge >= 0.3 is 0 Å². The molecule has 1 unspecified atom stereocenters. The van der Waals surface area contributed by atoms with Gasteiger partial charge in [0.1, 0.15) is 0 Å². The molecule has 0 aliphatic rings. The van der Waals surface area contributed by atoms with Crippen molar-refractivity contribution < 1.29 is 0 Å². The van der Waals surface area contributed by atoms with Crippen molar-refractivity contribution >= 4 is 35.0 Å². The Hall–Kier alpha value is -1.42. The number of halogens is 2. The van der Waals surface area contributed by atoms with E-state index in [0.29, 0.717) is 5.02 Å². The van der Waals surface area contributed by atoms with Crippen molar-refractivity contribution in [2.24, 2.45) is 0 Å². The van der Waals surface area contributed by atoms with E-state index >= 15 is 0 Å². The van der Waals surface area contributed by atoms with E-state index in [0.717, 1.165) is 30.0 Å². The summed E-state index contributed by atoms with van der Waals surface area (Å²) in [6.07, 6.45) is 7.75. The number of nitrogens with zero attached hydrogens (tertiary/aromatic N) is 2. The number of thioether (sulfide) groups is 1. The minimum absolute atomic E-state index is 0.288. The van der Waals surface area contributed by atoms with Crippen molar-refractivity contribution in [3.05, 3.63) is 82.4 Å². The van der Waals surface area contributed by atoms with Gasteiger partial charge in [-0.05, 0) is 49.6 Å². The molecule has 0 aliphatic carbocycles. The highest BCUT2D eigenvalue weighted by atomic mass is 35.5. The SMILES string of the molecule is Cc1ccc(SC(CCCn2ccnc2)c2ccc(Cl)cc2Cl)cc1. The highest BCUT2D eigenvalue weighted by molar-refractivity contribution is 7.99. The molecule has 0 radical (unpaired) electrons. The van der Waals surface area contributed by atoms with Crippen LogP contribution in [0.25, 0.3) is 0 Å². The van der Waals surface area contributed by atoms with Gasteiger partial charge in [-0.3, -0.25) is 0 Å². The largest absolute Gasteiger partial charge is 0.337 e. The van der Waals surface area contributed by atoms with Gasteiger partial charge in [-0.1, -0.05) is 47.0 Å². The second kappa shape index (κ2) is 8.79. The van der Waals surface area contributed by atoms with Crippen LogP contribution in [0.2, 0.25) is 10.0 Å². The molecule has 1 aromatic heterocycles. The van der Waals surface area contributed by atoms with E-state index < -0.39 is 0 Å². The smallest absolute Gasteiger partial charge is 0.0945 e. The zero-order chi connectivity index (χ0) is 17.6. The lowest BCUT2D eigenvalue weighted by Crippen LogP contribution is -2.00. The summed E-state index contributed by atoms with van der Waals surface area (Å²) in [5.41, 5.74) is 2.41. The third-order valence-electron chi connectivity index (χ3n) is 4.05. The van der Waals surface area contributed by atoms with Crippen LogP contribution in [-0.2, 0) is 6.54 Å². The highest BCUT2D eigenvalue weighted by Gasteiger charge is 2.17. The molecular weight excluding hydrogens is 371 g/mol. The molecule has 1 heterocycles. The molecule has 2 aromatic carbocycles. The normalized spacial score (nSPS) is 12.3. The first-order valence-corrected chi connectivity index (χ1v) is 9.89. The molecule has 0 saturated heterocycles. The van der Waals surface area contributed by atoms with Crippen LogP contribution in [0.5, 0.6) is 0 Å². The summed E-state index contributed by atoms with van der Waals surface area (Å²) in [4.78, 5) is 5.35. The van der Waals surface area contributed by atoms with Gasteiger partial charge < -0.3 is 4.57 Å². The molecule has 0 fully saturated rings. The number of hydrogen-bond acceptors (Lipinski definition) is 2. The fourth-order valence-corrected chi connectivity index (χ4v) is 4.54. The Kier molecular flexibility index (Phi) is 6.46. The lowest BCUT2D eigenvalue weighted by molar-refractivity contribution is 0.604. The van der Waals surface area contributed by atoms with Crippen LogP contribution >= 0.6 is 35.0 Å². The van der Waals surface area contributed by atoms with Crippen LogP contribution in [0.3, 0.4) is 0 Å². The lowest BCUT2D eigenvalue weighted by Gasteiger charge is -2.19. The monoisotopic (exact) mass is 390 g/mol. The van der Waals surface area contributed by atoms with E-state index in [1.54, 1.807) is 0 Å². The second-order valence-corrected chi connectivity index (χ2v) is 8.15. The number of hydrogen-bond donors (Lipinski definition) is 0. The molecule has 0 N–H and O–H groups in total. The summed E-state index contributed by atoms with van der Waals surface area (Å²) in [5.74, 6) is 0. The van der Waals surface area contributed by atoms with Crippen LogP contribution in [0.4, 0.5) is 0 Å². The third kappa shape index (κ3) is 5.27. The van der Waals surface area contributed by atoms with Crippen molar-refractivity contribution in [2.45, 2.75) is 36.5 Å². The van der Waals surface area contributed by atoms with Crippen LogP contribution in [0.1, 0.15) is 29.2 Å². The number of rotatable bonds is 7. The van der Waals surface area contributed by atoms with E-state index in [1.807, 2.05) is 48.7 Å². The van der Waals surface area contributed by atoms with E-state index in [9.17, 15) is 0 Å². The zero-order valence-electron chi connectivity index (χ0n) is 14.0. The number of imidazole rings is 1. The maximum Gasteiger partial charge on any atom is 0.0945 e. The minimum atomic E-state index is 0.288. The first-order valence-electron chi connectivity index (χ1n) is 8.26. The predicted octanol–water partition coefficient (Wildman–Crippen LogP) is 6.81. The quantitative estimate of drug-likeness (QED) is 0.412. The summed E-state index contributed by atoms with van der Waals surface area (Å²) in [7, 11) is 0. The van der Waals surface area contributed by atoms with Crippen molar-refractivity contribution in [1.82, 2.24) is 9.55 Å². The highest BCUT2D eigenvalue weighted by Crippen LogP contribution is 2.42. The van der Waals surface area contributed by atoms with Crippen LogP contribution in [0.15, 0.2) is 66.1 Å². The van der Waals surface area contributed by atoms with Crippen LogP contribution in [0, 0.1) is 6.92 Å². The Bertz CT molecular complexity index is 801. The average Bonchev–Trinajstić information content (AvgIpc) is 3.09. The molecule has 0 saturated carbocycles. The fraction of sp³-hybridized carbons (Fsp3) is 0.250. The standard InChI is InChI=1S/C20H20Cl2N2S/c1-15-4-7-17(8-5-15)25-20(3-2-11-24-12-10-23-14-24)18-9-6-16(21)13-19(18)22/h4-10,12-14,20H,2-3,11H2,1H3. The molecule has 0 amide bonds.